The Hall–Kier alpha value is -3.32. The minimum atomic E-state index is -4.24. The molecule has 1 aromatic heterocycles. The highest BCUT2D eigenvalue weighted by Gasteiger charge is 2.26. The molecule has 3 rings (SSSR count). The van der Waals surface area contributed by atoms with E-state index in [1.165, 1.54) is 12.0 Å². The highest BCUT2D eigenvalue weighted by atomic mass is 32.2. The summed E-state index contributed by atoms with van der Waals surface area (Å²) in [6.45, 7) is 1.99. The van der Waals surface area contributed by atoms with Crippen LogP contribution in [0.1, 0.15) is 44.0 Å². The van der Waals surface area contributed by atoms with Crippen LogP contribution in [0.4, 0.5) is 0 Å². The summed E-state index contributed by atoms with van der Waals surface area (Å²) >= 11 is 1.16. The number of hydrogen-bond acceptors (Lipinski definition) is 8. The van der Waals surface area contributed by atoms with Crippen LogP contribution in [0, 0.1) is 6.92 Å². The molecule has 4 N–H and O–H groups in total. The molecule has 10 nitrogen and oxygen atoms in total. The summed E-state index contributed by atoms with van der Waals surface area (Å²) in [5, 5.41) is 16.1. The Morgan fingerprint density at radius 2 is 1.83 bits per heavy atom. The number of aliphatic hydroxyl groups excluding tert-OH is 1. The fourth-order valence-corrected chi connectivity index (χ4v) is 4.86. The largest absolute Gasteiger partial charge is 0.497 e. The van der Waals surface area contributed by atoms with Crippen molar-refractivity contribution in [2.45, 2.75) is 32.4 Å². The number of thiazole rings is 1. The maximum Gasteiger partial charge on any atom is 0.299 e. The lowest BCUT2D eigenvalue weighted by atomic mass is 10.1. The van der Waals surface area contributed by atoms with Crippen molar-refractivity contribution in [3.8, 4) is 5.75 Å². The minimum absolute atomic E-state index is 0.0367. The van der Waals surface area contributed by atoms with Crippen molar-refractivity contribution in [1.29, 1.82) is 0 Å². The minimum Gasteiger partial charge on any atom is -0.497 e. The van der Waals surface area contributed by atoms with Crippen LogP contribution in [0.25, 0.3) is 0 Å². The predicted molar refractivity (Wildman–Crippen MR) is 136 cm³/mol. The van der Waals surface area contributed by atoms with Gasteiger partial charge in [-0.3, -0.25) is 9.59 Å². The average Bonchev–Trinajstić information content (AvgIpc) is 3.22. The standard InChI is InChI=1S/C24H28N4O6S2/c1-16-21(23(30)27-36(25,32)33)26-20(35-16)15-28(14-6-9-17-7-4-3-5-8-17)24(31)22(29)18-10-12-19(34-2)13-11-18/h3-5,7-8,10-13,22,29H,6,9,14-15H2,1-2H3,(H,27,30)(H2,25,32,33). The summed E-state index contributed by atoms with van der Waals surface area (Å²) in [6, 6.07) is 16.4. The number of rotatable bonds is 11. The molecule has 192 valence electrons. The van der Waals surface area contributed by atoms with E-state index in [-0.39, 0.29) is 12.2 Å². The van der Waals surface area contributed by atoms with Gasteiger partial charge in [0.2, 0.25) is 0 Å². The SMILES string of the molecule is COc1ccc(C(O)C(=O)N(CCCc2ccccc2)Cc2nc(C(=O)NS(N)(=O)=O)c(C)s2)cc1. The number of aliphatic hydroxyl groups is 1. The molecular weight excluding hydrogens is 504 g/mol. The maximum atomic E-state index is 13.3. The normalized spacial score (nSPS) is 12.1. The van der Waals surface area contributed by atoms with Crippen LogP contribution in [0.2, 0.25) is 0 Å². The van der Waals surface area contributed by atoms with Gasteiger partial charge in [0.25, 0.3) is 22.0 Å². The fraction of sp³-hybridized carbons (Fsp3) is 0.292. The van der Waals surface area contributed by atoms with Crippen molar-refractivity contribution in [2.75, 3.05) is 13.7 Å². The summed E-state index contributed by atoms with van der Waals surface area (Å²) in [5.74, 6) is -0.865. The Morgan fingerprint density at radius 3 is 2.44 bits per heavy atom. The second kappa shape index (κ2) is 12.1. The molecule has 3 aromatic rings. The Morgan fingerprint density at radius 1 is 1.17 bits per heavy atom. The first-order valence-corrected chi connectivity index (χ1v) is 13.4. The number of carbonyl (C=O) groups excluding carboxylic acids is 2. The molecular formula is C24H28N4O6S2. The first-order chi connectivity index (χ1) is 17.1. The Kier molecular flexibility index (Phi) is 9.15. The smallest absolute Gasteiger partial charge is 0.299 e. The lowest BCUT2D eigenvalue weighted by molar-refractivity contribution is -0.141. The first-order valence-electron chi connectivity index (χ1n) is 11.0. The van der Waals surface area contributed by atoms with Crippen LogP contribution >= 0.6 is 11.3 Å². The van der Waals surface area contributed by atoms with Crippen molar-refractivity contribution < 1.29 is 27.9 Å². The first kappa shape index (κ1) is 27.3. The molecule has 0 aliphatic heterocycles. The van der Waals surface area contributed by atoms with Crippen LogP contribution in [-0.2, 0) is 28.0 Å². The Bertz CT molecular complexity index is 1290. The van der Waals surface area contributed by atoms with E-state index in [2.05, 4.69) is 4.98 Å². The molecule has 1 atom stereocenters. The zero-order chi connectivity index (χ0) is 26.3. The third-order valence-electron chi connectivity index (χ3n) is 5.33. The van der Waals surface area contributed by atoms with E-state index in [1.54, 1.807) is 35.9 Å². The van der Waals surface area contributed by atoms with Crippen molar-refractivity contribution in [1.82, 2.24) is 14.6 Å². The molecule has 0 saturated heterocycles. The van der Waals surface area contributed by atoms with Gasteiger partial charge >= 0.3 is 0 Å². The Labute approximate surface area is 213 Å². The van der Waals surface area contributed by atoms with Crippen molar-refractivity contribution in [2.24, 2.45) is 5.14 Å². The number of nitrogens with zero attached hydrogens (tertiary/aromatic N) is 2. The van der Waals surface area contributed by atoms with Crippen LogP contribution < -0.4 is 14.6 Å². The van der Waals surface area contributed by atoms with Gasteiger partial charge in [0.1, 0.15) is 16.5 Å². The molecule has 0 aliphatic carbocycles. The van der Waals surface area contributed by atoms with Gasteiger partial charge in [-0.2, -0.15) is 8.42 Å². The van der Waals surface area contributed by atoms with Gasteiger partial charge in [-0.25, -0.2) is 14.8 Å². The molecule has 12 heteroatoms. The van der Waals surface area contributed by atoms with Gasteiger partial charge in [0.05, 0.1) is 13.7 Å². The number of aromatic nitrogens is 1. The number of methoxy groups -OCH3 is 1. The van der Waals surface area contributed by atoms with E-state index in [9.17, 15) is 23.1 Å². The van der Waals surface area contributed by atoms with Crippen LogP contribution in [0.15, 0.2) is 54.6 Å². The topological polar surface area (TPSA) is 152 Å². The van der Waals surface area contributed by atoms with Gasteiger partial charge in [-0.05, 0) is 43.0 Å². The predicted octanol–water partition coefficient (Wildman–Crippen LogP) is 2.09. The van der Waals surface area contributed by atoms with Crippen LogP contribution in [0.3, 0.4) is 0 Å². The summed E-state index contributed by atoms with van der Waals surface area (Å²) in [5.41, 5.74) is 1.45. The number of nitrogens with one attached hydrogen (secondary N) is 1. The van der Waals surface area contributed by atoms with Gasteiger partial charge in [0.15, 0.2) is 6.10 Å². The number of nitrogens with two attached hydrogens (primary N) is 1. The zero-order valence-electron chi connectivity index (χ0n) is 19.9. The van der Waals surface area contributed by atoms with Gasteiger partial charge in [-0.1, -0.05) is 42.5 Å². The number of carbonyl (C=O) groups is 2. The van der Waals surface area contributed by atoms with E-state index < -0.39 is 28.1 Å². The second-order valence-electron chi connectivity index (χ2n) is 8.01. The monoisotopic (exact) mass is 532 g/mol. The molecule has 0 spiro atoms. The van der Waals surface area contributed by atoms with Gasteiger partial charge in [-0.15, -0.1) is 11.3 Å². The third-order valence-corrected chi connectivity index (χ3v) is 6.76. The summed E-state index contributed by atoms with van der Waals surface area (Å²) in [7, 11) is -2.72. The fourth-order valence-electron chi connectivity index (χ4n) is 3.56. The van der Waals surface area contributed by atoms with Crippen LogP contribution in [-0.4, -0.2) is 48.9 Å². The molecule has 1 heterocycles. The maximum absolute atomic E-state index is 13.3. The summed E-state index contributed by atoms with van der Waals surface area (Å²) in [4.78, 5) is 31.7. The highest BCUT2D eigenvalue weighted by molar-refractivity contribution is 7.87. The number of ether oxygens (including phenoxy) is 1. The van der Waals surface area contributed by atoms with Gasteiger partial charge < -0.3 is 14.7 Å². The number of aryl methyl sites for hydroxylation is 2. The number of amides is 2. The summed E-state index contributed by atoms with van der Waals surface area (Å²) < 4.78 is 29.3. The van der Waals surface area contributed by atoms with Crippen molar-refractivity contribution >= 4 is 33.4 Å². The van der Waals surface area contributed by atoms with Crippen molar-refractivity contribution in [3.63, 3.8) is 0 Å². The Balaban J connectivity index is 1.79. The highest BCUT2D eigenvalue weighted by Crippen LogP contribution is 2.23. The molecule has 0 saturated carbocycles. The lowest BCUT2D eigenvalue weighted by Crippen LogP contribution is -2.37. The third kappa shape index (κ3) is 7.59. The lowest BCUT2D eigenvalue weighted by Gasteiger charge is -2.25. The second-order valence-corrected chi connectivity index (χ2v) is 10.6. The molecule has 0 fully saturated rings. The molecule has 0 aliphatic rings. The van der Waals surface area contributed by atoms with E-state index in [0.717, 1.165) is 23.3 Å². The number of benzene rings is 2. The summed E-state index contributed by atoms with van der Waals surface area (Å²) in [6.07, 6.45) is -0.0463. The quantitative estimate of drug-likeness (QED) is 0.342. The van der Waals surface area contributed by atoms with Crippen LogP contribution in [0.5, 0.6) is 5.75 Å². The van der Waals surface area contributed by atoms with E-state index in [0.29, 0.717) is 34.2 Å². The molecule has 2 aromatic carbocycles. The van der Waals surface area contributed by atoms with E-state index in [1.807, 2.05) is 30.3 Å². The molecule has 0 radical (unpaired) electrons. The van der Waals surface area contributed by atoms with E-state index >= 15 is 0 Å². The molecule has 0 bridgehead atoms. The molecule has 36 heavy (non-hydrogen) atoms. The molecule has 1 unspecified atom stereocenters. The van der Waals surface area contributed by atoms with E-state index in [4.69, 9.17) is 9.88 Å². The molecule has 2 amide bonds. The van der Waals surface area contributed by atoms with Gasteiger partial charge in [0, 0.05) is 11.4 Å². The number of hydrogen-bond donors (Lipinski definition) is 3. The zero-order valence-corrected chi connectivity index (χ0v) is 21.5. The van der Waals surface area contributed by atoms with Crippen molar-refractivity contribution in [3.05, 3.63) is 81.3 Å². The average molecular weight is 533 g/mol.